The lowest BCUT2D eigenvalue weighted by Gasteiger charge is -2.04. The predicted molar refractivity (Wildman–Crippen MR) is 81.1 cm³/mol. The van der Waals surface area contributed by atoms with E-state index in [0.717, 1.165) is 40.8 Å². The van der Waals surface area contributed by atoms with E-state index in [0.29, 0.717) is 12.5 Å². The first-order valence-electron chi connectivity index (χ1n) is 6.94. The summed E-state index contributed by atoms with van der Waals surface area (Å²) < 4.78 is 7.46. The molecule has 0 amide bonds. The normalized spacial score (nSPS) is 11.5. The van der Waals surface area contributed by atoms with Crippen LogP contribution in [0.4, 0.5) is 0 Å². The largest absolute Gasteiger partial charge is 0.467 e. The van der Waals surface area contributed by atoms with Gasteiger partial charge in [0.15, 0.2) is 0 Å². The molecule has 2 heterocycles. The quantitative estimate of drug-likeness (QED) is 0.886. The zero-order valence-electron chi connectivity index (χ0n) is 12.5. The molecular formula is C15H22ClN3O. The van der Waals surface area contributed by atoms with Crippen molar-refractivity contribution < 1.29 is 4.42 Å². The number of nitrogens with one attached hydrogen (secondary N) is 1. The summed E-state index contributed by atoms with van der Waals surface area (Å²) in [6.07, 6.45) is 1.80. The van der Waals surface area contributed by atoms with Gasteiger partial charge >= 0.3 is 0 Å². The van der Waals surface area contributed by atoms with E-state index in [2.05, 4.69) is 30.3 Å². The van der Waals surface area contributed by atoms with Gasteiger partial charge in [0.25, 0.3) is 0 Å². The van der Waals surface area contributed by atoms with Gasteiger partial charge in [0, 0.05) is 12.1 Å². The van der Waals surface area contributed by atoms with Gasteiger partial charge in [-0.3, -0.25) is 4.68 Å². The molecule has 110 valence electrons. The zero-order chi connectivity index (χ0) is 14.7. The number of halogens is 1. The Hall–Kier alpha value is -1.26. The van der Waals surface area contributed by atoms with Gasteiger partial charge in [0.1, 0.15) is 5.76 Å². The SMILES string of the molecule is Cc1nn(Cc2cc(CNCC(C)C)co2)c(C)c1Cl. The van der Waals surface area contributed by atoms with E-state index >= 15 is 0 Å². The van der Waals surface area contributed by atoms with Crippen LogP contribution in [0.25, 0.3) is 0 Å². The first kappa shape index (κ1) is 15.1. The number of aromatic nitrogens is 2. The van der Waals surface area contributed by atoms with Crippen molar-refractivity contribution in [2.75, 3.05) is 6.54 Å². The van der Waals surface area contributed by atoms with E-state index in [4.69, 9.17) is 16.0 Å². The fourth-order valence-electron chi connectivity index (χ4n) is 2.08. The van der Waals surface area contributed by atoms with E-state index in [1.165, 1.54) is 0 Å². The summed E-state index contributed by atoms with van der Waals surface area (Å²) >= 11 is 6.14. The number of nitrogens with zero attached hydrogens (tertiary/aromatic N) is 2. The smallest absolute Gasteiger partial charge is 0.125 e. The highest BCUT2D eigenvalue weighted by atomic mass is 35.5. The molecule has 0 bridgehead atoms. The molecule has 0 spiro atoms. The van der Waals surface area contributed by atoms with Crippen LogP contribution in [-0.2, 0) is 13.1 Å². The fraction of sp³-hybridized carbons (Fsp3) is 0.533. The molecule has 4 nitrogen and oxygen atoms in total. The van der Waals surface area contributed by atoms with Crippen LogP contribution in [0.3, 0.4) is 0 Å². The van der Waals surface area contributed by atoms with E-state index in [-0.39, 0.29) is 0 Å². The first-order chi connectivity index (χ1) is 9.47. The highest BCUT2D eigenvalue weighted by Gasteiger charge is 2.11. The number of rotatable bonds is 6. The number of furan rings is 1. The molecule has 2 aromatic rings. The molecule has 0 radical (unpaired) electrons. The van der Waals surface area contributed by atoms with E-state index in [1.54, 1.807) is 6.26 Å². The van der Waals surface area contributed by atoms with Gasteiger partial charge in [0.05, 0.1) is 29.2 Å². The molecule has 0 saturated carbocycles. The van der Waals surface area contributed by atoms with Crippen LogP contribution < -0.4 is 5.32 Å². The second-order valence-electron chi connectivity index (χ2n) is 5.59. The highest BCUT2D eigenvalue weighted by Crippen LogP contribution is 2.20. The van der Waals surface area contributed by atoms with Gasteiger partial charge in [-0.2, -0.15) is 5.10 Å². The maximum absolute atomic E-state index is 6.14. The lowest BCUT2D eigenvalue weighted by molar-refractivity contribution is 0.473. The van der Waals surface area contributed by atoms with Crippen LogP contribution in [0.15, 0.2) is 16.7 Å². The molecule has 0 aromatic carbocycles. The van der Waals surface area contributed by atoms with Gasteiger partial charge in [-0.25, -0.2) is 0 Å². The monoisotopic (exact) mass is 295 g/mol. The zero-order valence-corrected chi connectivity index (χ0v) is 13.3. The predicted octanol–water partition coefficient (Wildman–Crippen LogP) is 3.54. The Morgan fingerprint density at radius 1 is 1.40 bits per heavy atom. The molecule has 0 fully saturated rings. The second-order valence-corrected chi connectivity index (χ2v) is 5.97. The molecule has 1 N–H and O–H groups in total. The average Bonchev–Trinajstić information content (AvgIpc) is 2.91. The third-order valence-electron chi connectivity index (χ3n) is 3.19. The Labute approximate surface area is 125 Å². The molecule has 2 aromatic heterocycles. The molecule has 0 aliphatic heterocycles. The van der Waals surface area contributed by atoms with Crippen molar-refractivity contribution in [1.82, 2.24) is 15.1 Å². The van der Waals surface area contributed by atoms with E-state index in [9.17, 15) is 0 Å². The van der Waals surface area contributed by atoms with Gasteiger partial charge in [-0.1, -0.05) is 25.4 Å². The Morgan fingerprint density at radius 2 is 2.15 bits per heavy atom. The van der Waals surface area contributed by atoms with Crippen LogP contribution in [-0.4, -0.2) is 16.3 Å². The van der Waals surface area contributed by atoms with Crippen LogP contribution in [0.5, 0.6) is 0 Å². The summed E-state index contributed by atoms with van der Waals surface area (Å²) in [4.78, 5) is 0. The molecular weight excluding hydrogens is 274 g/mol. The standard InChI is InChI=1S/C15H22ClN3O/c1-10(2)6-17-7-13-5-14(20-9-13)8-19-12(4)15(16)11(3)18-19/h5,9-10,17H,6-8H2,1-4H3. The molecule has 5 heteroatoms. The summed E-state index contributed by atoms with van der Waals surface area (Å²) in [6, 6.07) is 2.07. The summed E-state index contributed by atoms with van der Waals surface area (Å²) in [5.74, 6) is 1.55. The Balaban J connectivity index is 1.97. The first-order valence-corrected chi connectivity index (χ1v) is 7.31. The molecule has 0 aliphatic rings. The van der Waals surface area contributed by atoms with Crippen molar-refractivity contribution in [2.45, 2.75) is 40.8 Å². The third-order valence-corrected chi connectivity index (χ3v) is 3.74. The van der Waals surface area contributed by atoms with Crippen LogP contribution in [0.1, 0.15) is 36.6 Å². The highest BCUT2D eigenvalue weighted by molar-refractivity contribution is 6.31. The number of hydrogen-bond donors (Lipinski definition) is 1. The van der Waals surface area contributed by atoms with Crippen LogP contribution >= 0.6 is 11.6 Å². The maximum Gasteiger partial charge on any atom is 0.125 e. The molecule has 2 rings (SSSR count). The summed E-state index contributed by atoms with van der Waals surface area (Å²) in [6.45, 7) is 10.7. The van der Waals surface area contributed by atoms with Gasteiger partial charge < -0.3 is 9.73 Å². The summed E-state index contributed by atoms with van der Waals surface area (Å²) in [5.41, 5.74) is 2.99. The van der Waals surface area contributed by atoms with Crippen molar-refractivity contribution >= 4 is 11.6 Å². The molecule has 0 aliphatic carbocycles. The molecule has 0 saturated heterocycles. The third kappa shape index (κ3) is 3.64. The Kier molecular flexibility index (Phi) is 4.89. The molecule has 0 atom stereocenters. The van der Waals surface area contributed by atoms with Crippen molar-refractivity contribution in [3.63, 3.8) is 0 Å². The van der Waals surface area contributed by atoms with Crippen LogP contribution in [0.2, 0.25) is 5.02 Å². The minimum Gasteiger partial charge on any atom is -0.467 e. The van der Waals surface area contributed by atoms with E-state index in [1.807, 2.05) is 18.5 Å². The summed E-state index contributed by atoms with van der Waals surface area (Å²) in [5, 5.41) is 8.54. The second kappa shape index (κ2) is 6.46. The topological polar surface area (TPSA) is 43.0 Å². The lowest BCUT2D eigenvalue weighted by atomic mass is 10.2. The van der Waals surface area contributed by atoms with Crippen molar-refractivity contribution in [3.05, 3.63) is 40.1 Å². The number of hydrogen-bond acceptors (Lipinski definition) is 3. The molecule has 20 heavy (non-hydrogen) atoms. The van der Waals surface area contributed by atoms with Crippen LogP contribution in [0, 0.1) is 19.8 Å². The average molecular weight is 296 g/mol. The summed E-state index contributed by atoms with van der Waals surface area (Å²) in [7, 11) is 0. The minimum absolute atomic E-state index is 0.615. The van der Waals surface area contributed by atoms with Crippen molar-refractivity contribution in [3.8, 4) is 0 Å². The maximum atomic E-state index is 6.14. The molecule has 0 unspecified atom stereocenters. The fourth-order valence-corrected chi connectivity index (χ4v) is 2.22. The van der Waals surface area contributed by atoms with Gasteiger partial charge in [-0.15, -0.1) is 0 Å². The van der Waals surface area contributed by atoms with Crippen molar-refractivity contribution in [1.29, 1.82) is 0 Å². The van der Waals surface area contributed by atoms with Crippen molar-refractivity contribution in [2.24, 2.45) is 5.92 Å². The lowest BCUT2D eigenvalue weighted by Crippen LogP contribution is -2.18. The number of aryl methyl sites for hydroxylation is 1. The van der Waals surface area contributed by atoms with Gasteiger partial charge in [0.2, 0.25) is 0 Å². The Bertz CT molecular complexity index is 572. The van der Waals surface area contributed by atoms with E-state index < -0.39 is 0 Å². The minimum atomic E-state index is 0.615. The Morgan fingerprint density at radius 3 is 2.75 bits per heavy atom. The van der Waals surface area contributed by atoms with Gasteiger partial charge in [-0.05, 0) is 32.4 Å².